The number of thiophene rings is 1. The van der Waals surface area contributed by atoms with Gasteiger partial charge in [0.15, 0.2) is 5.03 Å². The fourth-order valence-electron chi connectivity index (χ4n) is 1.08. The summed E-state index contributed by atoms with van der Waals surface area (Å²) in [7, 11) is 0. The quantitative estimate of drug-likeness (QED) is 0.671. The monoisotopic (exact) mass is 253 g/mol. The van der Waals surface area contributed by atoms with Crippen LogP contribution in [-0.4, -0.2) is 9.91 Å². The van der Waals surface area contributed by atoms with Gasteiger partial charge in [0.1, 0.15) is 5.82 Å². The Bertz CT molecular complexity index is 513. The standard InChI is InChI=1S/C9H7N3O2S2/c10-7-4-3-6(12(13)14)9(11-7)16-8-2-1-5-15-8/h1-5H,(H2,10,11). The molecule has 0 amide bonds. The first kappa shape index (κ1) is 10.9. The molecule has 0 aliphatic heterocycles. The molecule has 2 rings (SSSR count). The fraction of sp³-hybridized carbons (Fsp3) is 0. The zero-order valence-corrected chi connectivity index (χ0v) is 9.62. The first-order chi connectivity index (χ1) is 7.66. The lowest BCUT2D eigenvalue weighted by atomic mass is 10.4. The normalized spacial score (nSPS) is 10.2. The van der Waals surface area contributed by atoms with E-state index in [0.29, 0.717) is 5.03 Å². The van der Waals surface area contributed by atoms with Crippen LogP contribution < -0.4 is 5.73 Å². The Hall–Kier alpha value is -1.60. The number of hydrogen-bond donors (Lipinski definition) is 1. The number of nitrogen functional groups attached to an aromatic ring is 1. The fourth-order valence-corrected chi connectivity index (χ4v) is 2.86. The molecular weight excluding hydrogens is 246 g/mol. The van der Waals surface area contributed by atoms with Crippen LogP contribution in [0.1, 0.15) is 0 Å². The van der Waals surface area contributed by atoms with Gasteiger partial charge in [-0.25, -0.2) is 4.98 Å². The van der Waals surface area contributed by atoms with Crippen LogP contribution in [0.5, 0.6) is 0 Å². The van der Waals surface area contributed by atoms with Crippen LogP contribution in [0.4, 0.5) is 11.5 Å². The van der Waals surface area contributed by atoms with Crippen molar-refractivity contribution in [1.82, 2.24) is 4.98 Å². The summed E-state index contributed by atoms with van der Waals surface area (Å²) in [6.07, 6.45) is 0. The number of anilines is 1. The highest BCUT2D eigenvalue weighted by Crippen LogP contribution is 2.35. The Morgan fingerprint density at radius 1 is 1.44 bits per heavy atom. The van der Waals surface area contributed by atoms with Crippen LogP contribution in [0.15, 0.2) is 38.9 Å². The first-order valence-electron chi connectivity index (χ1n) is 4.29. The topological polar surface area (TPSA) is 82.0 Å². The molecule has 0 fully saturated rings. The summed E-state index contributed by atoms with van der Waals surface area (Å²) in [4.78, 5) is 14.3. The Kier molecular flexibility index (Phi) is 3.07. The van der Waals surface area contributed by atoms with Gasteiger partial charge in [-0.1, -0.05) is 17.8 Å². The van der Waals surface area contributed by atoms with Gasteiger partial charge in [0.2, 0.25) is 0 Å². The Morgan fingerprint density at radius 3 is 2.88 bits per heavy atom. The summed E-state index contributed by atoms with van der Waals surface area (Å²) >= 11 is 2.75. The number of nitrogens with two attached hydrogens (primary N) is 1. The third-order valence-electron chi connectivity index (χ3n) is 1.75. The van der Waals surface area contributed by atoms with E-state index in [-0.39, 0.29) is 11.5 Å². The number of nitrogens with zero attached hydrogens (tertiary/aromatic N) is 2. The molecule has 16 heavy (non-hydrogen) atoms. The van der Waals surface area contributed by atoms with Crippen LogP contribution in [-0.2, 0) is 0 Å². The molecular formula is C9H7N3O2S2. The van der Waals surface area contributed by atoms with Crippen LogP contribution in [0.2, 0.25) is 0 Å². The van der Waals surface area contributed by atoms with E-state index in [9.17, 15) is 10.1 Å². The molecule has 2 aromatic rings. The van der Waals surface area contributed by atoms with Crippen LogP contribution in [0.25, 0.3) is 0 Å². The molecule has 0 spiro atoms. The average Bonchev–Trinajstić information content (AvgIpc) is 2.70. The van der Waals surface area contributed by atoms with Gasteiger partial charge in [-0.2, -0.15) is 0 Å². The first-order valence-corrected chi connectivity index (χ1v) is 5.98. The Labute approximate surface area is 99.5 Å². The lowest BCUT2D eigenvalue weighted by Crippen LogP contribution is -1.96. The molecule has 2 heterocycles. The van der Waals surface area contributed by atoms with E-state index < -0.39 is 4.92 Å². The number of aromatic nitrogens is 1. The van der Waals surface area contributed by atoms with Crippen molar-refractivity contribution in [2.75, 3.05) is 5.73 Å². The van der Waals surface area contributed by atoms with Gasteiger partial charge in [-0.15, -0.1) is 11.3 Å². The molecule has 0 aliphatic rings. The van der Waals surface area contributed by atoms with Gasteiger partial charge < -0.3 is 5.73 Å². The zero-order valence-electron chi connectivity index (χ0n) is 7.99. The van der Waals surface area contributed by atoms with Gasteiger partial charge in [0, 0.05) is 6.07 Å². The minimum Gasteiger partial charge on any atom is -0.384 e. The molecule has 7 heteroatoms. The van der Waals surface area contributed by atoms with Gasteiger partial charge in [0.25, 0.3) is 0 Å². The summed E-state index contributed by atoms with van der Waals surface area (Å²) < 4.78 is 0.946. The predicted octanol–water partition coefficient (Wildman–Crippen LogP) is 2.78. The summed E-state index contributed by atoms with van der Waals surface area (Å²) in [6.45, 7) is 0. The largest absolute Gasteiger partial charge is 0.384 e. The van der Waals surface area contributed by atoms with Crippen molar-refractivity contribution in [3.63, 3.8) is 0 Å². The van der Waals surface area contributed by atoms with Crippen molar-refractivity contribution >= 4 is 34.6 Å². The molecule has 0 aliphatic carbocycles. The zero-order chi connectivity index (χ0) is 11.5. The minimum absolute atomic E-state index is 0.0207. The van der Waals surface area contributed by atoms with E-state index in [1.54, 1.807) is 0 Å². The predicted molar refractivity (Wildman–Crippen MR) is 63.7 cm³/mol. The summed E-state index contributed by atoms with van der Waals surface area (Å²) in [5, 5.41) is 13.0. The van der Waals surface area contributed by atoms with E-state index in [1.165, 1.54) is 35.2 Å². The Morgan fingerprint density at radius 2 is 2.25 bits per heavy atom. The summed E-state index contributed by atoms with van der Waals surface area (Å²) in [6, 6.07) is 6.56. The molecule has 0 saturated carbocycles. The molecule has 2 N–H and O–H groups in total. The van der Waals surface area contributed by atoms with Crippen molar-refractivity contribution in [2.24, 2.45) is 0 Å². The van der Waals surface area contributed by atoms with Crippen molar-refractivity contribution in [2.45, 2.75) is 9.24 Å². The molecule has 0 radical (unpaired) electrons. The highest BCUT2D eigenvalue weighted by molar-refractivity contribution is 8.01. The van der Waals surface area contributed by atoms with Crippen molar-refractivity contribution < 1.29 is 4.92 Å². The Balaban J connectivity index is 2.38. The van der Waals surface area contributed by atoms with Gasteiger partial charge in [-0.05, 0) is 17.5 Å². The molecule has 0 atom stereocenters. The van der Waals surface area contributed by atoms with Crippen molar-refractivity contribution in [1.29, 1.82) is 0 Å². The second-order valence-electron chi connectivity index (χ2n) is 2.85. The van der Waals surface area contributed by atoms with E-state index in [0.717, 1.165) is 4.21 Å². The van der Waals surface area contributed by atoms with Crippen LogP contribution in [0, 0.1) is 10.1 Å². The second kappa shape index (κ2) is 4.50. The molecule has 82 valence electrons. The lowest BCUT2D eigenvalue weighted by Gasteiger charge is -2.00. The van der Waals surface area contributed by atoms with Crippen LogP contribution in [0.3, 0.4) is 0 Å². The van der Waals surface area contributed by atoms with Gasteiger partial charge >= 0.3 is 5.69 Å². The maximum Gasteiger partial charge on any atom is 0.301 e. The van der Waals surface area contributed by atoms with Crippen molar-refractivity contribution in [3.8, 4) is 0 Å². The maximum absolute atomic E-state index is 10.8. The second-order valence-corrected chi connectivity index (χ2v) is 5.09. The average molecular weight is 253 g/mol. The van der Waals surface area contributed by atoms with E-state index in [4.69, 9.17) is 5.73 Å². The maximum atomic E-state index is 10.8. The highest BCUT2D eigenvalue weighted by atomic mass is 32.2. The minimum atomic E-state index is -0.456. The van der Waals surface area contributed by atoms with Crippen LogP contribution >= 0.6 is 23.1 Å². The number of pyridine rings is 1. The molecule has 2 aromatic heterocycles. The van der Waals surface area contributed by atoms with E-state index >= 15 is 0 Å². The molecule has 0 saturated heterocycles. The molecule has 0 bridgehead atoms. The summed E-state index contributed by atoms with van der Waals surface area (Å²) in [5.41, 5.74) is 5.49. The highest BCUT2D eigenvalue weighted by Gasteiger charge is 2.16. The number of nitro groups is 1. The third-order valence-corrected chi connectivity index (χ3v) is 3.78. The smallest absolute Gasteiger partial charge is 0.301 e. The van der Waals surface area contributed by atoms with E-state index in [2.05, 4.69) is 4.98 Å². The third kappa shape index (κ3) is 2.31. The SMILES string of the molecule is Nc1ccc([N+](=O)[O-])c(Sc2cccs2)n1. The van der Waals surface area contributed by atoms with Crippen molar-refractivity contribution in [3.05, 3.63) is 39.8 Å². The molecule has 0 aromatic carbocycles. The van der Waals surface area contributed by atoms with E-state index in [1.807, 2.05) is 17.5 Å². The molecule has 0 unspecified atom stereocenters. The summed E-state index contributed by atoms with van der Waals surface area (Å²) in [5.74, 6) is 0.282. The van der Waals surface area contributed by atoms with Gasteiger partial charge in [-0.3, -0.25) is 10.1 Å². The van der Waals surface area contributed by atoms with Gasteiger partial charge in [0.05, 0.1) is 9.13 Å². The lowest BCUT2D eigenvalue weighted by molar-refractivity contribution is -0.388. The number of rotatable bonds is 3. The molecule has 5 nitrogen and oxygen atoms in total. The number of hydrogen-bond acceptors (Lipinski definition) is 6.